The maximum absolute atomic E-state index is 12.0. The minimum absolute atomic E-state index is 0.0825. The first-order valence-electron chi connectivity index (χ1n) is 6.40. The molecule has 0 fully saturated rings. The number of ether oxygens (including phenoxy) is 1. The Bertz CT molecular complexity index is 557. The van der Waals surface area contributed by atoms with Crippen molar-refractivity contribution in [3.8, 4) is 5.75 Å². The lowest BCUT2D eigenvalue weighted by molar-refractivity contribution is 0.0954. The van der Waals surface area contributed by atoms with Crippen molar-refractivity contribution < 1.29 is 9.53 Å². The second-order valence-corrected chi connectivity index (χ2v) is 4.73. The van der Waals surface area contributed by atoms with Crippen molar-refractivity contribution in [2.24, 2.45) is 0 Å². The molecule has 0 radical (unpaired) electrons. The summed E-state index contributed by atoms with van der Waals surface area (Å²) in [6, 6.07) is 17.2. The van der Waals surface area contributed by atoms with Crippen LogP contribution in [0.1, 0.15) is 15.9 Å². The van der Waals surface area contributed by atoms with Gasteiger partial charge in [0.15, 0.2) is 0 Å². The van der Waals surface area contributed by atoms with Crippen molar-refractivity contribution in [2.45, 2.75) is 6.42 Å². The average Bonchev–Trinajstić information content (AvgIpc) is 2.49. The monoisotopic (exact) mass is 333 g/mol. The third kappa shape index (κ3) is 4.38. The maximum Gasteiger partial charge on any atom is 0.251 e. The number of benzene rings is 2. The number of nitrogens with one attached hydrogen (secondary N) is 1. The van der Waals surface area contributed by atoms with Crippen molar-refractivity contribution in [1.29, 1.82) is 0 Å². The van der Waals surface area contributed by atoms with E-state index in [1.54, 1.807) is 12.1 Å². The summed E-state index contributed by atoms with van der Waals surface area (Å²) in [5.41, 5.74) is 2.23. The minimum Gasteiger partial charge on any atom is -0.482 e. The maximum atomic E-state index is 12.0. The molecule has 3 nitrogen and oxygen atoms in total. The highest BCUT2D eigenvalue weighted by Crippen LogP contribution is 2.13. The molecule has 0 aliphatic carbocycles. The summed E-state index contributed by atoms with van der Waals surface area (Å²) in [5, 5.41) is 2.91. The van der Waals surface area contributed by atoms with Gasteiger partial charge in [0.25, 0.3) is 5.91 Å². The Morgan fingerprint density at radius 3 is 2.65 bits per heavy atom. The van der Waals surface area contributed by atoms with Crippen molar-refractivity contribution in [1.82, 2.24) is 5.32 Å². The SMILES string of the molecule is O=C(NCCc1ccccc1)c1cccc(OCBr)c1. The number of amides is 1. The van der Waals surface area contributed by atoms with E-state index in [1.807, 2.05) is 30.3 Å². The predicted octanol–water partition coefficient (Wildman–Crippen LogP) is 3.39. The molecule has 0 bridgehead atoms. The molecule has 0 atom stereocenters. The lowest BCUT2D eigenvalue weighted by Crippen LogP contribution is -2.25. The molecule has 104 valence electrons. The van der Waals surface area contributed by atoms with Gasteiger partial charge in [-0.2, -0.15) is 0 Å². The lowest BCUT2D eigenvalue weighted by Gasteiger charge is -2.07. The molecule has 0 saturated heterocycles. The fraction of sp³-hybridized carbons (Fsp3) is 0.188. The third-order valence-corrected chi connectivity index (χ3v) is 3.09. The van der Waals surface area contributed by atoms with E-state index in [2.05, 4.69) is 33.4 Å². The second-order valence-electron chi connectivity index (χ2n) is 4.27. The number of rotatable bonds is 6. The quantitative estimate of drug-likeness (QED) is 0.823. The summed E-state index contributed by atoms with van der Waals surface area (Å²) in [7, 11) is 0. The zero-order valence-corrected chi connectivity index (χ0v) is 12.6. The molecule has 20 heavy (non-hydrogen) atoms. The fourth-order valence-electron chi connectivity index (χ4n) is 1.86. The Kier molecular flexibility index (Phi) is 5.62. The van der Waals surface area contributed by atoms with Gasteiger partial charge in [0.1, 0.15) is 11.3 Å². The molecule has 0 spiro atoms. The smallest absolute Gasteiger partial charge is 0.251 e. The highest BCUT2D eigenvalue weighted by atomic mass is 79.9. The van der Waals surface area contributed by atoms with Crippen LogP contribution >= 0.6 is 15.9 Å². The molecule has 0 aromatic heterocycles. The molecule has 1 N–H and O–H groups in total. The Morgan fingerprint density at radius 2 is 1.90 bits per heavy atom. The molecular weight excluding hydrogens is 318 g/mol. The van der Waals surface area contributed by atoms with Crippen LogP contribution in [0.2, 0.25) is 0 Å². The van der Waals surface area contributed by atoms with Crippen LogP contribution in [0.4, 0.5) is 0 Å². The lowest BCUT2D eigenvalue weighted by atomic mass is 10.1. The fourth-order valence-corrected chi connectivity index (χ4v) is 2.12. The first-order chi connectivity index (χ1) is 9.79. The number of carbonyl (C=O) groups is 1. The standard InChI is InChI=1S/C16H16BrNO2/c17-12-20-15-8-4-7-14(11-15)16(19)18-10-9-13-5-2-1-3-6-13/h1-8,11H,9-10,12H2,(H,18,19). The van der Waals surface area contributed by atoms with Gasteiger partial charge in [0.05, 0.1) is 0 Å². The highest BCUT2D eigenvalue weighted by Gasteiger charge is 2.06. The third-order valence-electron chi connectivity index (χ3n) is 2.86. The van der Waals surface area contributed by atoms with E-state index in [4.69, 9.17) is 4.74 Å². The number of carbonyl (C=O) groups excluding carboxylic acids is 1. The Morgan fingerprint density at radius 1 is 1.10 bits per heavy atom. The number of hydrogen-bond acceptors (Lipinski definition) is 2. The largest absolute Gasteiger partial charge is 0.482 e. The Hall–Kier alpha value is -1.81. The molecule has 0 aliphatic heterocycles. The van der Waals surface area contributed by atoms with Crippen LogP contribution < -0.4 is 10.1 Å². The van der Waals surface area contributed by atoms with Gasteiger partial charge in [0, 0.05) is 12.1 Å². The van der Waals surface area contributed by atoms with Gasteiger partial charge in [-0.25, -0.2) is 0 Å². The first kappa shape index (κ1) is 14.6. The molecule has 0 aliphatic rings. The first-order valence-corrected chi connectivity index (χ1v) is 7.52. The number of alkyl halides is 1. The van der Waals surface area contributed by atoms with Gasteiger partial charge in [-0.15, -0.1) is 0 Å². The van der Waals surface area contributed by atoms with E-state index < -0.39 is 0 Å². The average molecular weight is 334 g/mol. The minimum atomic E-state index is -0.0825. The van der Waals surface area contributed by atoms with E-state index in [-0.39, 0.29) is 5.91 Å². The van der Waals surface area contributed by atoms with Crippen molar-refractivity contribution >= 4 is 21.8 Å². The van der Waals surface area contributed by atoms with Gasteiger partial charge < -0.3 is 10.1 Å². The predicted molar refractivity (Wildman–Crippen MR) is 83.3 cm³/mol. The van der Waals surface area contributed by atoms with E-state index in [0.29, 0.717) is 23.4 Å². The van der Waals surface area contributed by atoms with E-state index in [9.17, 15) is 4.79 Å². The number of halogens is 1. The summed E-state index contributed by atoms with van der Waals surface area (Å²) in [6.07, 6.45) is 0.824. The molecular formula is C16H16BrNO2. The molecule has 0 saturated carbocycles. The van der Waals surface area contributed by atoms with Gasteiger partial charge in [-0.05, 0) is 46.1 Å². The van der Waals surface area contributed by atoms with Crippen LogP contribution in [0, 0.1) is 0 Å². The van der Waals surface area contributed by atoms with Crippen LogP contribution in [0.15, 0.2) is 54.6 Å². The van der Waals surface area contributed by atoms with Crippen LogP contribution in [-0.2, 0) is 6.42 Å². The summed E-state index contributed by atoms with van der Waals surface area (Å²) < 4.78 is 5.31. The van der Waals surface area contributed by atoms with Gasteiger partial charge in [0.2, 0.25) is 0 Å². The van der Waals surface area contributed by atoms with E-state index in [0.717, 1.165) is 6.42 Å². The molecule has 4 heteroatoms. The van der Waals surface area contributed by atoms with Crippen molar-refractivity contribution in [3.63, 3.8) is 0 Å². The molecule has 0 unspecified atom stereocenters. The molecule has 2 aromatic rings. The normalized spacial score (nSPS) is 10.1. The van der Waals surface area contributed by atoms with E-state index in [1.165, 1.54) is 5.56 Å². The Balaban J connectivity index is 1.87. The summed E-state index contributed by atoms with van der Waals surface area (Å²) in [6.45, 7) is 0.617. The summed E-state index contributed by atoms with van der Waals surface area (Å²) in [5.74, 6) is 0.596. The summed E-state index contributed by atoms with van der Waals surface area (Å²) in [4.78, 5) is 12.0. The number of hydrogen-bond donors (Lipinski definition) is 1. The van der Waals surface area contributed by atoms with Gasteiger partial charge >= 0.3 is 0 Å². The zero-order valence-electron chi connectivity index (χ0n) is 11.0. The van der Waals surface area contributed by atoms with Crippen LogP contribution in [0.5, 0.6) is 5.75 Å². The van der Waals surface area contributed by atoms with Gasteiger partial charge in [-0.1, -0.05) is 36.4 Å². The van der Waals surface area contributed by atoms with E-state index >= 15 is 0 Å². The van der Waals surface area contributed by atoms with Gasteiger partial charge in [-0.3, -0.25) is 4.79 Å². The topological polar surface area (TPSA) is 38.3 Å². The van der Waals surface area contributed by atoms with Crippen LogP contribution in [0.25, 0.3) is 0 Å². The molecule has 2 aromatic carbocycles. The zero-order chi connectivity index (χ0) is 14.2. The second kappa shape index (κ2) is 7.70. The molecule has 2 rings (SSSR count). The Labute approximate surface area is 127 Å². The highest BCUT2D eigenvalue weighted by molar-refractivity contribution is 9.09. The summed E-state index contributed by atoms with van der Waals surface area (Å²) >= 11 is 3.19. The van der Waals surface area contributed by atoms with Crippen LogP contribution in [0.3, 0.4) is 0 Å². The van der Waals surface area contributed by atoms with Crippen molar-refractivity contribution in [3.05, 3.63) is 65.7 Å². The molecule has 1 amide bonds. The molecule has 0 heterocycles. The van der Waals surface area contributed by atoms with Crippen molar-refractivity contribution in [2.75, 3.05) is 12.1 Å². The van der Waals surface area contributed by atoms with Crippen LogP contribution in [-0.4, -0.2) is 18.0 Å².